The molecule has 2 aromatic rings. The molecule has 0 aliphatic carbocycles. The van der Waals surface area contributed by atoms with Crippen LogP contribution in [0.25, 0.3) is 0 Å². The summed E-state index contributed by atoms with van der Waals surface area (Å²) in [6.45, 7) is 8.08. The lowest BCUT2D eigenvalue weighted by Crippen LogP contribution is -2.36. The van der Waals surface area contributed by atoms with Crippen LogP contribution in [0.3, 0.4) is 0 Å². The van der Waals surface area contributed by atoms with Crippen LogP contribution in [0.2, 0.25) is 0 Å². The minimum Gasteiger partial charge on any atom is -0.378 e. The average molecular weight is 369 g/mol. The minimum atomic E-state index is -0.143. The molecule has 1 aliphatic heterocycles. The number of morpholine rings is 1. The fourth-order valence-electron chi connectivity index (χ4n) is 2.87. The lowest BCUT2D eigenvalue weighted by molar-refractivity contribution is 0.0951. The topological polar surface area (TPSA) is 79.4 Å². The van der Waals surface area contributed by atoms with Crippen LogP contribution < -0.4 is 15.5 Å². The molecule has 2 heterocycles. The van der Waals surface area contributed by atoms with Gasteiger partial charge in [0.15, 0.2) is 0 Å². The van der Waals surface area contributed by atoms with Gasteiger partial charge in [-0.2, -0.15) is 0 Å². The van der Waals surface area contributed by atoms with Crippen molar-refractivity contribution in [2.75, 3.05) is 43.1 Å². The lowest BCUT2D eigenvalue weighted by atomic mass is 10.1. The zero-order valence-corrected chi connectivity index (χ0v) is 15.9. The maximum Gasteiger partial charge on any atom is 0.254 e. The van der Waals surface area contributed by atoms with Gasteiger partial charge in [-0.05, 0) is 24.5 Å². The fourth-order valence-corrected chi connectivity index (χ4v) is 2.87. The molecule has 1 saturated heterocycles. The number of carbonyl (C=O) groups is 1. The molecule has 7 heteroatoms. The number of carbonyl (C=O) groups excluding carboxylic acids is 1. The number of amides is 1. The van der Waals surface area contributed by atoms with Crippen molar-refractivity contribution < 1.29 is 9.53 Å². The van der Waals surface area contributed by atoms with E-state index in [1.165, 1.54) is 0 Å². The smallest absolute Gasteiger partial charge is 0.254 e. The van der Waals surface area contributed by atoms with Crippen molar-refractivity contribution >= 4 is 23.2 Å². The van der Waals surface area contributed by atoms with Crippen molar-refractivity contribution in [3.63, 3.8) is 0 Å². The molecule has 2 N–H and O–H groups in total. The first-order valence-corrected chi connectivity index (χ1v) is 9.42. The molecule has 144 valence electrons. The predicted molar refractivity (Wildman–Crippen MR) is 107 cm³/mol. The molecule has 0 bridgehead atoms. The highest BCUT2D eigenvalue weighted by Gasteiger charge is 2.15. The Hall–Kier alpha value is -2.67. The third kappa shape index (κ3) is 5.40. The van der Waals surface area contributed by atoms with Gasteiger partial charge in [-0.15, -0.1) is 0 Å². The van der Waals surface area contributed by atoms with Gasteiger partial charge in [0, 0.05) is 32.0 Å². The number of benzene rings is 1. The van der Waals surface area contributed by atoms with E-state index in [1.54, 1.807) is 12.4 Å². The summed E-state index contributed by atoms with van der Waals surface area (Å²) in [7, 11) is 0. The highest BCUT2D eigenvalue weighted by Crippen LogP contribution is 2.28. The number of anilines is 3. The summed E-state index contributed by atoms with van der Waals surface area (Å²) < 4.78 is 5.43. The maximum absolute atomic E-state index is 12.1. The standard InChI is InChI=1S/C20H27N5O2/c1-15(2)7-8-21-19(26)16-13-22-20(23-14-16)24-17-5-3-4-6-18(17)25-9-11-27-12-10-25/h3-6,13-15H,7-12H2,1-2H3,(H,21,26)(H,22,23,24). The van der Waals surface area contributed by atoms with Crippen LogP contribution in [0, 0.1) is 5.92 Å². The van der Waals surface area contributed by atoms with E-state index in [0.29, 0.717) is 24.0 Å². The second-order valence-electron chi connectivity index (χ2n) is 6.98. The molecule has 1 fully saturated rings. The van der Waals surface area contributed by atoms with Gasteiger partial charge in [0.1, 0.15) is 0 Å². The Morgan fingerprint density at radius 1 is 1.19 bits per heavy atom. The highest BCUT2D eigenvalue weighted by atomic mass is 16.5. The number of nitrogens with one attached hydrogen (secondary N) is 2. The number of aromatic nitrogens is 2. The number of hydrogen-bond donors (Lipinski definition) is 2. The molecule has 1 aromatic carbocycles. The summed E-state index contributed by atoms with van der Waals surface area (Å²) in [6.07, 6.45) is 4.05. The molecule has 27 heavy (non-hydrogen) atoms. The minimum absolute atomic E-state index is 0.143. The van der Waals surface area contributed by atoms with Crippen LogP contribution in [0.15, 0.2) is 36.7 Å². The molecule has 0 spiro atoms. The Morgan fingerprint density at radius 3 is 2.59 bits per heavy atom. The van der Waals surface area contributed by atoms with Crippen molar-refractivity contribution in [2.24, 2.45) is 5.92 Å². The average Bonchev–Trinajstić information content (AvgIpc) is 2.69. The third-order valence-electron chi connectivity index (χ3n) is 4.42. The van der Waals surface area contributed by atoms with Crippen LogP contribution >= 0.6 is 0 Å². The van der Waals surface area contributed by atoms with Gasteiger partial charge in [-0.3, -0.25) is 4.79 Å². The zero-order valence-electron chi connectivity index (χ0n) is 15.9. The van der Waals surface area contributed by atoms with Gasteiger partial charge in [-0.25, -0.2) is 9.97 Å². The van der Waals surface area contributed by atoms with E-state index in [0.717, 1.165) is 44.1 Å². The van der Waals surface area contributed by atoms with Crippen LogP contribution in [0.5, 0.6) is 0 Å². The second-order valence-corrected chi connectivity index (χ2v) is 6.98. The van der Waals surface area contributed by atoms with Gasteiger partial charge in [0.05, 0.1) is 30.2 Å². The van der Waals surface area contributed by atoms with Crippen molar-refractivity contribution in [3.05, 3.63) is 42.2 Å². The molecular formula is C20H27N5O2. The number of nitrogens with zero attached hydrogens (tertiary/aromatic N) is 3. The molecule has 0 saturated carbocycles. The van der Waals surface area contributed by atoms with Gasteiger partial charge in [-0.1, -0.05) is 26.0 Å². The first-order valence-electron chi connectivity index (χ1n) is 9.42. The van der Waals surface area contributed by atoms with E-state index >= 15 is 0 Å². The molecule has 0 unspecified atom stereocenters. The quantitative estimate of drug-likeness (QED) is 0.781. The van der Waals surface area contributed by atoms with Crippen molar-refractivity contribution in [2.45, 2.75) is 20.3 Å². The summed E-state index contributed by atoms with van der Waals surface area (Å²) >= 11 is 0. The lowest BCUT2D eigenvalue weighted by Gasteiger charge is -2.30. The fraction of sp³-hybridized carbons (Fsp3) is 0.450. The molecule has 7 nitrogen and oxygen atoms in total. The molecular weight excluding hydrogens is 342 g/mol. The summed E-state index contributed by atoms with van der Waals surface area (Å²) in [5, 5.41) is 6.15. The molecule has 1 amide bonds. The van der Waals surface area contributed by atoms with Crippen molar-refractivity contribution in [1.29, 1.82) is 0 Å². The van der Waals surface area contributed by atoms with Gasteiger partial charge < -0.3 is 20.3 Å². The molecule has 0 radical (unpaired) electrons. The van der Waals surface area contributed by atoms with Crippen LogP contribution in [-0.4, -0.2) is 48.7 Å². The first kappa shape index (κ1) is 19.1. The number of para-hydroxylation sites is 2. The van der Waals surface area contributed by atoms with E-state index in [1.807, 2.05) is 18.2 Å². The maximum atomic E-state index is 12.1. The summed E-state index contributed by atoms with van der Waals surface area (Å²) in [5.74, 6) is 0.880. The Balaban J connectivity index is 1.64. The van der Waals surface area contributed by atoms with Gasteiger partial charge in [0.2, 0.25) is 5.95 Å². The van der Waals surface area contributed by atoms with Crippen molar-refractivity contribution in [3.8, 4) is 0 Å². The van der Waals surface area contributed by atoms with Crippen molar-refractivity contribution in [1.82, 2.24) is 15.3 Å². The Bertz CT molecular complexity index is 742. The van der Waals surface area contributed by atoms with E-state index in [9.17, 15) is 4.79 Å². The summed E-state index contributed by atoms with van der Waals surface area (Å²) in [6, 6.07) is 8.06. The van der Waals surface area contributed by atoms with E-state index < -0.39 is 0 Å². The summed E-state index contributed by atoms with van der Waals surface area (Å²) in [5.41, 5.74) is 2.50. The normalized spacial score (nSPS) is 14.3. The van der Waals surface area contributed by atoms with Crippen LogP contribution in [0.1, 0.15) is 30.6 Å². The Morgan fingerprint density at radius 2 is 1.89 bits per heavy atom. The van der Waals surface area contributed by atoms with Crippen LogP contribution in [-0.2, 0) is 4.74 Å². The number of hydrogen-bond acceptors (Lipinski definition) is 6. The molecule has 1 aromatic heterocycles. The highest BCUT2D eigenvalue weighted by molar-refractivity contribution is 5.93. The largest absolute Gasteiger partial charge is 0.378 e. The Labute approximate surface area is 160 Å². The second kappa shape index (κ2) is 9.32. The monoisotopic (exact) mass is 369 g/mol. The van der Waals surface area contributed by atoms with Gasteiger partial charge in [0.25, 0.3) is 5.91 Å². The SMILES string of the molecule is CC(C)CCNC(=O)c1cnc(Nc2ccccc2N2CCOCC2)nc1. The first-order chi connectivity index (χ1) is 13.1. The van der Waals surface area contributed by atoms with E-state index in [-0.39, 0.29) is 5.91 Å². The molecule has 3 rings (SSSR count). The molecule has 0 atom stereocenters. The predicted octanol–water partition coefficient (Wildman–Crippen LogP) is 2.83. The number of rotatable bonds is 7. The van der Waals surface area contributed by atoms with E-state index in [2.05, 4.69) is 45.4 Å². The Kier molecular flexibility index (Phi) is 6.59. The summed E-state index contributed by atoms with van der Waals surface area (Å²) in [4.78, 5) is 23.0. The van der Waals surface area contributed by atoms with E-state index in [4.69, 9.17) is 4.74 Å². The number of ether oxygens (including phenoxy) is 1. The van der Waals surface area contributed by atoms with Gasteiger partial charge >= 0.3 is 0 Å². The third-order valence-corrected chi connectivity index (χ3v) is 4.42. The van der Waals surface area contributed by atoms with Crippen LogP contribution in [0.4, 0.5) is 17.3 Å². The zero-order chi connectivity index (χ0) is 19.1. The molecule has 1 aliphatic rings.